The Bertz CT molecular complexity index is 685. The first-order valence-electron chi connectivity index (χ1n) is 7.72. The third-order valence-corrected chi connectivity index (χ3v) is 4.33. The van der Waals surface area contributed by atoms with Gasteiger partial charge in [-0.05, 0) is 12.5 Å². The molecular weight excluding hydrogens is 292 g/mol. The third kappa shape index (κ3) is 3.13. The van der Waals surface area contributed by atoms with E-state index in [2.05, 4.69) is 5.10 Å². The summed E-state index contributed by atoms with van der Waals surface area (Å²) in [5.41, 5.74) is 7.38. The van der Waals surface area contributed by atoms with E-state index in [1.54, 1.807) is 15.8 Å². The van der Waals surface area contributed by atoms with Crippen molar-refractivity contribution in [2.24, 2.45) is 12.8 Å². The third-order valence-electron chi connectivity index (χ3n) is 4.33. The zero-order valence-corrected chi connectivity index (χ0v) is 13.5. The van der Waals surface area contributed by atoms with Crippen LogP contribution in [0.15, 0.2) is 42.7 Å². The molecule has 1 aromatic heterocycles. The quantitative estimate of drug-likeness (QED) is 0.924. The van der Waals surface area contributed by atoms with Crippen LogP contribution < -0.4 is 5.73 Å². The topological polar surface area (TPSA) is 73.4 Å². The number of benzene rings is 1. The molecule has 0 aliphatic carbocycles. The smallest absolute Gasteiger partial charge is 0.244 e. The number of hydrogen-bond donors (Lipinski definition) is 1. The minimum Gasteiger partial charge on any atom is -0.367 e. The van der Waals surface area contributed by atoms with Gasteiger partial charge in [0.05, 0.1) is 19.3 Å². The molecule has 3 rings (SSSR count). The maximum Gasteiger partial charge on any atom is 0.244 e. The van der Waals surface area contributed by atoms with Gasteiger partial charge in [-0.15, -0.1) is 0 Å². The number of nitrogens with two attached hydrogens (primary N) is 1. The Labute approximate surface area is 135 Å². The Morgan fingerprint density at radius 2 is 2.13 bits per heavy atom. The van der Waals surface area contributed by atoms with E-state index in [0.29, 0.717) is 19.7 Å². The Morgan fingerprint density at radius 3 is 2.78 bits per heavy atom. The summed E-state index contributed by atoms with van der Waals surface area (Å²) in [4.78, 5) is 14.5. The van der Waals surface area contributed by atoms with Gasteiger partial charge in [-0.1, -0.05) is 30.3 Å². The van der Waals surface area contributed by atoms with Gasteiger partial charge in [0.25, 0.3) is 0 Å². The van der Waals surface area contributed by atoms with Crippen molar-refractivity contribution in [1.29, 1.82) is 0 Å². The van der Waals surface area contributed by atoms with Gasteiger partial charge in [-0.3, -0.25) is 9.48 Å². The van der Waals surface area contributed by atoms with Crippen LogP contribution in [0.2, 0.25) is 0 Å². The summed E-state index contributed by atoms with van der Waals surface area (Å²) in [6, 6.07) is 8.80. The van der Waals surface area contributed by atoms with Crippen LogP contribution in [0.4, 0.5) is 0 Å². The van der Waals surface area contributed by atoms with Crippen molar-refractivity contribution >= 4 is 5.91 Å². The maximum absolute atomic E-state index is 12.7. The Hall–Kier alpha value is -2.18. The number of aromatic nitrogens is 2. The fourth-order valence-electron chi connectivity index (χ4n) is 2.93. The van der Waals surface area contributed by atoms with Gasteiger partial charge in [0, 0.05) is 25.4 Å². The minimum atomic E-state index is -0.646. The van der Waals surface area contributed by atoms with E-state index in [1.165, 1.54) is 0 Å². The first-order valence-corrected chi connectivity index (χ1v) is 7.72. The van der Waals surface area contributed by atoms with Crippen LogP contribution in [0.25, 0.3) is 0 Å². The molecule has 1 aliphatic rings. The molecule has 0 spiro atoms. The van der Waals surface area contributed by atoms with Crippen molar-refractivity contribution in [2.45, 2.75) is 18.6 Å². The SMILES string of the molecule is Cn1cc([C@@]2(C)CN(C(=O)[C@@H](N)c3ccccc3)CCO2)cn1. The molecule has 2 aromatic rings. The number of carbonyl (C=O) groups is 1. The van der Waals surface area contributed by atoms with Gasteiger partial charge in [-0.25, -0.2) is 0 Å². The van der Waals surface area contributed by atoms with Crippen LogP contribution >= 0.6 is 0 Å². The molecule has 6 heteroatoms. The molecule has 2 atom stereocenters. The van der Waals surface area contributed by atoms with E-state index in [0.717, 1.165) is 11.1 Å². The van der Waals surface area contributed by atoms with Crippen LogP contribution in [0, 0.1) is 0 Å². The van der Waals surface area contributed by atoms with Gasteiger partial charge in [0.1, 0.15) is 11.6 Å². The Balaban J connectivity index is 1.77. The van der Waals surface area contributed by atoms with Crippen LogP contribution in [0.3, 0.4) is 0 Å². The molecule has 6 nitrogen and oxygen atoms in total. The molecule has 1 aliphatic heterocycles. The largest absolute Gasteiger partial charge is 0.367 e. The van der Waals surface area contributed by atoms with Gasteiger partial charge in [0.15, 0.2) is 0 Å². The molecule has 1 amide bonds. The molecular formula is C17H22N4O2. The predicted octanol–water partition coefficient (Wildman–Crippen LogP) is 1.19. The number of nitrogens with zero attached hydrogens (tertiary/aromatic N) is 3. The van der Waals surface area contributed by atoms with Crippen molar-refractivity contribution < 1.29 is 9.53 Å². The number of aryl methyl sites for hydroxylation is 1. The number of hydrogen-bond acceptors (Lipinski definition) is 4. The lowest BCUT2D eigenvalue weighted by Gasteiger charge is -2.40. The van der Waals surface area contributed by atoms with E-state index in [9.17, 15) is 4.79 Å². The molecule has 23 heavy (non-hydrogen) atoms. The highest BCUT2D eigenvalue weighted by Gasteiger charge is 2.38. The van der Waals surface area contributed by atoms with Crippen molar-refractivity contribution in [3.63, 3.8) is 0 Å². The van der Waals surface area contributed by atoms with E-state index in [1.807, 2.05) is 50.5 Å². The lowest BCUT2D eigenvalue weighted by atomic mass is 9.96. The predicted molar refractivity (Wildman–Crippen MR) is 86.5 cm³/mol. The Morgan fingerprint density at radius 1 is 1.39 bits per heavy atom. The molecule has 2 heterocycles. The molecule has 0 radical (unpaired) electrons. The van der Waals surface area contributed by atoms with Crippen molar-refractivity contribution in [2.75, 3.05) is 19.7 Å². The summed E-state index contributed by atoms with van der Waals surface area (Å²) in [6.07, 6.45) is 3.70. The average Bonchev–Trinajstić information content (AvgIpc) is 3.02. The highest BCUT2D eigenvalue weighted by molar-refractivity contribution is 5.83. The molecule has 0 unspecified atom stereocenters. The summed E-state index contributed by atoms with van der Waals surface area (Å²) < 4.78 is 7.68. The van der Waals surface area contributed by atoms with Crippen LogP contribution in [-0.2, 0) is 22.2 Å². The van der Waals surface area contributed by atoms with Gasteiger partial charge < -0.3 is 15.4 Å². The maximum atomic E-state index is 12.7. The number of morpholine rings is 1. The van der Waals surface area contributed by atoms with Gasteiger partial charge in [-0.2, -0.15) is 5.10 Å². The number of rotatable bonds is 3. The molecule has 1 fully saturated rings. The normalized spacial score (nSPS) is 22.8. The summed E-state index contributed by atoms with van der Waals surface area (Å²) in [7, 11) is 1.87. The van der Waals surface area contributed by atoms with E-state index in [-0.39, 0.29) is 5.91 Å². The second-order valence-corrected chi connectivity index (χ2v) is 6.13. The highest BCUT2D eigenvalue weighted by Crippen LogP contribution is 2.30. The number of ether oxygens (including phenoxy) is 1. The Kier molecular flexibility index (Phi) is 4.19. The second-order valence-electron chi connectivity index (χ2n) is 6.13. The standard InChI is InChI=1S/C17H22N4O2/c1-17(14-10-19-20(2)11-14)12-21(8-9-23-17)16(22)15(18)13-6-4-3-5-7-13/h3-7,10-11,15H,8-9,12,18H2,1-2H3/t15-,17+/m0/s1. The highest BCUT2D eigenvalue weighted by atomic mass is 16.5. The zero-order valence-electron chi connectivity index (χ0n) is 13.5. The first-order chi connectivity index (χ1) is 11.0. The summed E-state index contributed by atoms with van der Waals surface area (Å²) in [6.45, 7) is 3.49. The van der Waals surface area contributed by atoms with E-state index in [4.69, 9.17) is 10.5 Å². The van der Waals surface area contributed by atoms with Crippen molar-refractivity contribution in [1.82, 2.24) is 14.7 Å². The first kappa shape index (κ1) is 15.7. The summed E-state index contributed by atoms with van der Waals surface area (Å²) in [5, 5.41) is 4.20. The molecule has 122 valence electrons. The minimum absolute atomic E-state index is 0.0744. The number of amides is 1. The fourth-order valence-corrected chi connectivity index (χ4v) is 2.93. The number of carbonyl (C=O) groups excluding carboxylic acids is 1. The van der Waals surface area contributed by atoms with Crippen LogP contribution in [0.5, 0.6) is 0 Å². The molecule has 0 bridgehead atoms. The van der Waals surface area contributed by atoms with Crippen molar-refractivity contribution in [3.8, 4) is 0 Å². The second kappa shape index (κ2) is 6.14. The molecule has 2 N–H and O–H groups in total. The molecule has 1 saturated heterocycles. The lowest BCUT2D eigenvalue weighted by Crippen LogP contribution is -2.52. The van der Waals surface area contributed by atoms with Crippen LogP contribution in [0.1, 0.15) is 24.1 Å². The van der Waals surface area contributed by atoms with Gasteiger partial charge >= 0.3 is 0 Å². The molecule has 1 aromatic carbocycles. The van der Waals surface area contributed by atoms with E-state index < -0.39 is 11.6 Å². The van der Waals surface area contributed by atoms with Crippen LogP contribution in [-0.4, -0.2) is 40.3 Å². The fraction of sp³-hybridized carbons (Fsp3) is 0.412. The lowest BCUT2D eigenvalue weighted by molar-refractivity contribution is -0.151. The average molecular weight is 314 g/mol. The van der Waals surface area contributed by atoms with Gasteiger partial charge in [0.2, 0.25) is 5.91 Å². The summed E-state index contributed by atoms with van der Waals surface area (Å²) in [5.74, 6) is -0.0744. The van der Waals surface area contributed by atoms with E-state index >= 15 is 0 Å². The zero-order chi connectivity index (χ0) is 16.4. The van der Waals surface area contributed by atoms with Crippen molar-refractivity contribution in [3.05, 3.63) is 53.9 Å². The monoisotopic (exact) mass is 314 g/mol. The summed E-state index contributed by atoms with van der Waals surface area (Å²) >= 11 is 0. The molecule has 0 saturated carbocycles.